The predicted molar refractivity (Wildman–Crippen MR) is 108 cm³/mol. The van der Waals surface area contributed by atoms with E-state index in [4.69, 9.17) is 5.26 Å². The van der Waals surface area contributed by atoms with Gasteiger partial charge in [0, 0.05) is 38.3 Å². The Kier molecular flexibility index (Phi) is 6.10. The number of nitrogens with zero attached hydrogens (tertiary/aromatic N) is 3. The van der Waals surface area contributed by atoms with E-state index in [2.05, 4.69) is 6.07 Å². The number of carbonyl (C=O) groups is 2. The van der Waals surface area contributed by atoms with Crippen LogP contribution in [0.15, 0.2) is 48.5 Å². The SMILES string of the molecule is CN(C)C(=O)c1ccc(CC2CCN(C(=O)c3ccc(C#N)cc3)CC2)cc1. The van der Waals surface area contributed by atoms with Gasteiger partial charge in [-0.15, -0.1) is 0 Å². The van der Waals surface area contributed by atoms with Crippen LogP contribution in [0.4, 0.5) is 0 Å². The molecule has 28 heavy (non-hydrogen) atoms. The number of likely N-dealkylation sites (tertiary alicyclic amines) is 1. The van der Waals surface area contributed by atoms with Gasteiger partial charge in [0.25, 0.3) is 11.8 Å². The second kappa shape index (κ2) is 8.71. The van der Waals surface area contributed by atoms with Crippen LogP contribution in [0, 0.1) is 17.2 Å². The van der Waals surface area contributed by atoms with Crippen LogP contribution in [0.1, 0.15) is 44.7 Å². The van der Waals surface area contributed by atoms with E-state index in [1.807, 2.05) is 29.2 Å². The highest BCUT2D eigenvalue weighted by atomic mass is 16.2. The molecule has 0 unspecified atom stereocenters. The van der Waals surface area contributed by atoms with Crippen molar-refractivity contribution in [1.82, 2.24) is 9.80 Å². The number of amides is 2. The normalized spacial score (nSPS) is 14.4. The van der Waals surface area contributed by atoms with Gasteiger partial charge >= 0.3 is 0 Å². The van der Waals surface area contributed by atoms with Crippen LogP contribution < -0.4 is 0 Å². The molecule has 2 amide bonds. The minimum absolute atomic E-state index is 0.0150. The molecule has 3 rings (SSSR count). The lowest BCUT2D eigenvalue weighted by Gasteiger charge is -2.32. The fraction of sp³-hybridized carbons (Fsp3) is 0.348. The van der Waals surface area contributed by atoms with Gasteiger partial charge in [0.15, 0.2) is 0 Å². The van der Waals surface area contributed by atoms with Crippen LogP contribution in [0.25, 0.3) is 0 Å². The molecule has 144 valence electrons. The molecule has 0 aromatic heterocycles. The summed E-state index contributed by atoms with van der Waals surface area (Å²) < 4.78 is 0. The van der Waals surface area contributed by atoms with Crippen molar-refractivity contribution in [3.05, 3.63) is 70.8 Å². The van der Waals surface area contributed by atoms with E-state index >= 15 is 0 Å². The third-order valence-electron chi connectivity index (χ3n) is 5.29. The number of rotatable bonds is 4. The molecular weight excluding hydrogens is 350 g/mol. The number of nitriles is 1. The van der Waals surface area contributed by atoms with Crippen molar-refractivity contribution in [1.29, 1.82) is 5.26 Å². The molecule has 0 atom stereocenters. The maximum absolute atomic E-state index is 12.6. The Hall–Kier alpha value is -3.13. The van der Waals surface area contributed by atoms with Gasteiger partial charge in [0.1, 0.15) is 0 Å². The fourth-order valence-corrected chi connectivity index (χ4v) is 3.59. The van der Waals surface area contributed by atoms with Gasteiger partial charge in [-0.2, -0.15) is 5.26 Å². The molecule has 2 aromatic rings. The molecule has 0 radical (unpaired) electrons. The summed E-state index contributed by atoms with van der Waals surface area (Å²) in [5, 5.41) is 8.87. The Morgan fingerprint density at radius 3 is 2.11 bits per heavy atom. The Balaban J connectivity index is 1.53. The van der Waals surface area contributed by atoms with Crippen LogP contribution in [0.5, 0.6) is 0 Å². The Labute approximate surface area is 166 Å². The van der Waals surface area contributed by atoms with Crippen molar-refractivity contribution in [3.63, 3.8) is 0 Å². The van der Waals surface area contributed by atoms with Gasteiger partial charge in [-0.25, -0.2) is 0 Å². The molecule has 5 heteroatoms. The van der Waals surface area contributed by atoms with Crippen molar-refractivity contribution < 1.29 is 9.59 Å². The Bertz CT molecular complexity index is 872. The lowest BCUT2D eigenvalue weighted by molar-refractivity contribution is 0.0690. The molecule has 0 bridgehead atoms. The molecule has 0 saturated carbocycles. The molecular formula is C23H25N3O2. The first-order valence-electron chi connectivity index (χ1n) is 9.58. The quantitative estimate of drug-likeness (QED) is 0.823. The molecule has 5 nitrogen and oxygen atoms in total. The first kappa shape index (κ1) is 19.6. The highest BCUT2D eigenvalue weighted by Crippen LogP contribution is 2.23. The maximum atomic E-state index is 12.6. The van der Waals surface area contributed by atoms with Crippen LogP contribution in [0.3, 0.4) is 0 Å². The Morgan fingerprint density at radius 2 is 1.57 bits per heavy atom. The lowest BCUT2D eigenvalue weighted by Crippen LogP contribution is -2.38. The smallest absolute Gasteiger partial charge is 0.253 e. The average molecular weight is 375 g/mol. The van der Waals surface area contributed by atoms with E-state index < -0.39 is 0 Å². The second-order valence-electron chi connectivity index (χ2n) is 7.53. The first-order chi connectivity index (χ1) is 13.5. The molecule has 1 aliphatic heterocycles. The van der Waals surface area contributed by atoms with Gasteiger partial charge in [-0.3, -0.25) is 9.59 Å². The molecule has 0 spiro atoms. The van der Waals surface area contributed by atoms with Crippen molar-refractivity contribution in [2.45, 2.75) is 19.3 Å². The largest absolute Gasteiger partial charge is 0.345 e. The lowest BCUT2D eigenvalue weighted by atomic mass is 9.89. The summed E-state index contributed by atoms with van der Waals surface area (Å²) in [5.41, 5.74) is 3.14. The number of hydrogen-bond acceptors (Lipinski definition) is 3. The van der Waals surface area contributed by atoms with Crippen molar-refractivity contribution in [3.8, 4) is 6.07 Å². The summed E-state index contributed by atoms with van der Waals surface area (Å²) in [4.78, 5) is 28.1. The summed E-state index contributed by atoms with van der Waals surface area (Å²) in [5.74, 6) is 0.594. The molecule has 1 saturated heterocycles. The van der Waals surface area contributed by atoms with E-state index in [-0.39, 0.29) is 11.8 Å². The predicted octanol–water partition coefficient (Wildman–Crippen LogP) is 3.35. The Morgan fingerprint density at radius 1 is 1.00 bits per heavy atom. The third-order valence-corrected chi connectivity index (χ3v) is 5.29. The third kappa shape index (κ3) is 4.58. The summed E-state index contributed by atoms with van der Waals surface area (Å²) in [6, 6.07) is 16.7. The zero-order valence-corrected chi connectivity index (χ0v) is 16.4. The second-order valence-corrected chi connectivity index (χ2v) is 7.53. The van der Waals surface area contributed by atoms with E-state index in [1.165, 1.54) is 5.56 Å². The van der Waals surface area contributed by atoms with Gasteiger partial charge < -0.3 is 9.80 Å². The summed E-state index contributed by atoms with van der Waals surface area (Å²) >= 11 is 0. The van der Waals surface area contributed by atoms with E-state index in [1.54, 1.807) is 43.3 Å². The van der Waals surface area contributed by atoms with E-state index in [0.29, 0.717) is 22.6 Å². The van der Waals surface area contributed by atoms with Gasteiger partial charge in [-0.05, 0) is 67.1 Å². The summed E-state index contributed by atoms with van der Waals surface area (Å²) in [6.07, 6.45) is 2.91. The molecule has 0 N–H and O–H groups in total. The molecule has 1 fully saturated rings. The minimum atomic E-state index is 0.0150. The van der Waals surface area contributed by atoms with Crippen molar-refractivity contribution in [2.75, 3.05) is 27.2 Å². The van der Waals surface area contributed by atoms with Crippen LogP contribution >= 0.6 is 0 Å². The molecule has 1 heterocycles. The van der Waals surface area contributed by atoms with Crippen molar-refractivity contribution >= 4 is 11.8 Å². The summed E-state index contributed by atoms with van der Waals surface area (Å²) in [7, 11) is 3.51. The number of hydrogen-bond donors (Lipinski definition) is 0. The first-order valence-corrected chi connectivity index (χ1v) is 9.58. The van der Waals surface area contributed by atoms with Crippen LogP contribution in [-0.2, 0) is 6.42 Å². The van der Waals surface area contributed by atoms with Crippen LogP contribution in [-0.4, -0.2) is 48.8 Å². The topological polar surface area (TPSA) is 64.4 Å². The van der Waals surface area contributed by atoms with Gasteiger partial charge in [0.2, 0.25) is 0 Å². The zero-order valence-electron chi connectivity index (χ0n) is 16.4. The number of benzene rings is 2. The van der Waals surface area contributed by atoms with E-state index in [0.717, 1.165) is 32.4 Å². The maximum Gasteiger partial charge on any atom is 0.253 e. The van der Waals surface area contributed by atoms with Crippen molar-refractivity contribution in [2.24, 2.45) is 5.92 Å². The fourth-order valence-electron chi connectivity index (χ4n) is 3.59. The monoisotopic (exact) mass is 375 g/mol. The van der Waals surface area contributed by atoms with Gasteiger partial charge in [-0.1, -0.05) is 12.1 Å². The number of piperidine rings is 1. The minimum Gasteiger partial charge on any atom is -0.345 e. The van der Waals surface area contributed by atoms with Gasteiger partial charge in [0.05, 0.1) is 11.6 Å². The molecule has 0 aliphatic carbocycles. The van der Waals surface area contributed by atoms with E-state index in [9.17, 15) is 9.59 Å². The average Bonchev–Trinajstić information content (AvgIpc) is 2.74. The highest BCUT2D eigenvalue weighted by Gasteiger charge is 2.24. The standard InChI is InChI=1S/C23H25N3O2/c1-25(2)22(27)20-7-3-17(4-8-20)15-18-11-13-26(14-12-18)23(28)21-9-5-19(16-24)6-10-21/h3-10,18H,11-15H2,1-2H3. The molecule has 2 aromatic carbocycles. The molecule has 1 aliphatic rings. The number of carbonyl (C=O) groups excluding carboxylic acids is 2. The highest BCUT2D eigenvalue weighted by molar-refractivity contribution is 5.94. The zero-order chi connectivity index (χ0) is 20.1. The summed E-state index contributed by atoms with van der Waals surface area (Å²) in [6.45, 7) is 1.50. The van der Waals surface area contributed by atoms with Crippen LogP contribution in [0.2, 0.25) is 0 Å².